The van der Waals surface area contributed by atoms with Crippen LogP contribution in [-0.2, 0) is 0 Å². The number of rotatable bonds is 1. The average molecular weight is 286 g/mol. The summed E-state index contributed by atoms with van der Waals surface area (Å²) in [6, 6.07) is 2.42. The molecule has 2 aliphatic heterocycles. The van der Waals surface area contributed by atoms with Crippen molar-refractivity contribution in [3.05, 3.63) is 29.7 Å². The summed E-state index contributed by atoms with van der Waals surface area (Å²) < 4.78 is 1.81. The third-order valence-corrected chi connectivity index (χ3v) is 5.06. The fourth-order valence-electron chi connectivity index (χ4n) is 4.14. The Morgan fingerprint density at radius 2 is 2.05 bits per heavy atom. The van der Waals surface area contributed by atoms with E-state index in [0.717, 1.165) is 31.3 Å². The Morgan fingerprint density at radius 1 is 1.33 bits per heavy atom. The maximum Gasteiger partial charge on any atom is 0.407 e. The van der Waals surface area contributed by atoms with Gasteiger partial charge in [-0.25, -0.2) is 14.3 Å². The van der Waals surface area contributed by atoms with Gasteiger partial charge in [0.25, 0.3) is 0 Å². The molecule has 2 aromatic heterocycles. The molecule has 4 heterocycles. The largest absolute Gasteiger partial charge is 0.465 e. The summed E-state index contributed by atoms with van der Waals surface area (Å²) in [6.07, 6.45) is 6.71. The van der Waals surface area contributed by atoms with Gasteiger partial charge in [-0.3, -0.25) is 0 Å². The second kappa shape index (κ2) is 4.44. The van der Waals surface area contributed by atoms with Gasteiger partial charge < -0.3 is 10.0 Å². The Balaban J connectivity index is 1.68. The van der Waals surface area contributed by atoms with Gasteiger partial charge >= 0.3 is 6.09 Å². The van der Waals surface area contributed by atoms with Gasteiger partial charge in [-0.2, -0.15) is 5.10 Å². The summed E-state index contributed by atoms with van der Waals surface area (Å²) in [4.78, 5) is 17.3. The van der Waals surface area contributed by atoms with E-state index in [1.165, 1.54) is 11.1 Å². The van der Waals surface area contributed by atoms with Gasteiger partial charge in [0.05, 0.1) is 0 Å². The molecule has 0 aliphatic carbocycles. The number of carbonyl (C=O) groups is 1. The first-order valence-electron chi connectivity index (χ1n) is 7.44. The normalized spacial score (nSPS) is 28.2. The molecule has 4 rings (SSSR count). The quantitative estimate of drug-likeness (QED) is 0.874. The zero-order valence-electron chi connectivity index (χ0n) is 11.9. The van der Waals surface area contributed by atoms with Crippen molar-refractivity contribution in [3.8, 4) is 0 Å². The topological polar surface area (TPSA) is 70.7 Å². The maximum atomic E-state index is 11.4. The molecule has 2 saturated heterocycles. The molecule has 1 N–H and O–H groups in total. The highest BCUT2D eigenvalue weighted by atomic mass is 16.4. The summed E-state index contributed by atoms with van der Waals surface area (Å²) >= 11 is 0. The van der Waals surface area contributed by atoms with E-state index in [9.17, 15) is 9.90 Å². The zero-order valence-corrected chi connectivity index (χ0v) is 11.9. The fraction of sp³-hybridized carbons (Fsp3) is 0.533. The van der Waals surface area contributed by atoms with E-state index in [0.29, 0.717) is 5.92 Å². The van der Waals surface area contributed by atoms with Crippen LogP contribution in [0.25, 0.3) is 5.65 Å². The second-order valence-corrected chi connectivity index (χ2v) is 6.22. The van der Waals surface area contributed by atoms with Crippen LogP contribution >= 0.6 is 0 Å². The van der Waals surface area contributed by atoms with Crippen molar-refractivity contribution >= 4 is 11.7 Å². The molecule has 2 aliphatic rings. The number of amides is 1. The second-order valence-electron chi connectivity index (χ2n) is 6.22. The van der Waals surface area contributed by atoms with Crippen LogP contribution in [0.2, 0.25) is 0 Å². The van der Waals surface area contributed by atoms with E-state index in [-0.39, 0.29) is 12.1 Å². The smallest absolute Gasteiger partial charge is 0.407 e. The lowest BCUT2D eigenvalue weighted by molar-refractivity contribution is 0.0964. The number of pyridine rings is 1. The summed E-state index contributed by atoms with van der Waals surface area (Å²) in [6.45, 7) is 2.11. The predicted molar refractivity (Wildman–Crippen MR) is 76.4 cm³/mol. The Kier molecular flexibility index (Phi) is 2.67. The molecule has 2 aromatic rings. The van der Waals surface area contributed by atoms with Gasteiger partial charge in [0.1, 0.15) is 6.33 Å². The first kappa shape index (κ1) is 12.6. The SMILES string of the molecule is Cc1cc2ncnn2cc1C1C[C@H]2CC[C@@H](C1)N2C(=O)O. The Bertz CT molecular complexity index is 697. The van der Waals surface area contributed by atoms with E-state index >= 15 is 0 Å². The van der Waals surface area contributed by atoms with E-state index in [1.807, 2.05) is 4.52 Å². The molecule has 3 atom stereocenters. The minimum atomic E-state index is -0.760. The molecule has 0 saturated carbocycles. The number of hydrogen-bond donors (Lipinski definition) is 1. The number of aromatic nitrogens is 3. The van der Waals surface area contributed by atoms with Crippen molar-refractivity contribution in [2.75, 3.05) is 0 Å². The summed E-state index contributed by atoms with van der Waals surface area (Å²) in [5, 5.41) is 13.6. The number of fused-ring (bicyclic) bond motifs is 3. The first-order valence-corrected chi connectivity index (χ1v) is 7.44. The maximum absolute atomic E-state index is 11.4. The van der Waals surface area contributed by atoms with E-state index in [1.54, 1.807) is 11.2 Å². The van der Waals surface area contributed by atoms with Crippen LogP contribution in [0, 0.1) is 6.92 Å². The van der Waals surface area contributed by atoms with E-state index in [2.05, 4.69) is 29.3 Å². The van der Waals surface area contributed by atoms with Crippen molar-refractivity contribution in [3.63, 3.8) is 0 Å². The van der Waals surface area contributed by atoms with Crippen molar-refractivity contribution in [1.82, 2.24) is 19.5 Å². The molecule has 0 aromatic carbocycles. The molecule has 0 radical (unpaired) electrons. The lowest BCUT2D eigenvalue weighted by atomic mass is 9.84. The molecular formula is C15H18N4O2. The molecule has 6 heteroatoms. The van der Waals surface area contributed by atoms with Gasteiger partial charge in [0.15, 0.2) is 5.65 Å². The number of aryl methyl sites for hydroxylation is 1. The molecule has 2 bridgehead atoms. The average Bonchev–Trinajstić information content (AvgIpc) is 2.99. The third-order valence-electron chi connectivity index (χ3n) is 5.06. The molecule has 6 nitrogen and oxygen atoms in total. The standard InChI is InChI=1S/C15H18N4O2/c1-9-4-14-16-8-17-18(14)7-13(9)10-5-11-2-3-12(6-10)19(11)15(20)21/h4,7-8,10-12H,2-3,5-6H2,1H3,(H,20,21)/t10?,11-,12+. The van der Waals surface area contributed by atoms with Crippen molar-refractivity contribution in [2.24, 2.45) is 0 Å². The van der Waals surface area contributed by atoms with Crippen molar-refractivity contribution in [1.29, 1.82) is 0 Å². The monoisotopic (exact) mass is 286 g/mol. The van der Waals surface area contributed by atoms with Gasteiger partial charge in [-0.1, -0.05) is 0 Å². The number of carboxylic acid groups (broad SMARTS) is 1. The lowest BCUT2D eigenvalue weighted by Crippen LogP contribution is -2.45. The minimum Gasteiger partial charge on any atom is -0.465 e. The van der Waals surface area contributed by atoms with Crippen LogP contribution in [0.15, 0.2) is 18.6 Å². The summed E-state index contributed by atoms with van der Waals surface area (Å²) in [5.41, 5.74) is 3.38. The first-order chi connectivity index (χ1) is 10.1. The van der Waals surface area contributed by atoms with Crippen LogP contribution in [-0.4, -0.2) is 42.8 Å². The highest BCUT2D eigenvalue weighted by molar-refractivity contribution is 5.66. The van der Waals surface area contributed by atoms with Crippen LogP contribution in [0.5, 0.6) is 0 Å². The third kappa shape index (κ3) is 1.89. The minimum absolute atomic E-state index is 0.178. The Morgan fingerprint density at radius 3 is 2.71 bits per heavy atom. The highest BCUT2D eigenvalue weighted by Crippen LogP contribution is 2.43. The molecule has 2 fully saturated rings. The van der Waals surface area contributed by atoms with Gasteiger partial charge in [0, 0.05) is 18.3 Å². The van der Waals surface area contributed by atoms with Crippen molar-refractivity contribution in [2.45, 2.75) is 50.6 Å². The number of piperidine rings is 1. The molecule has 1 amide bonds. The molecule has 1 unspecified atom stereocenters. The zero-order chi connectivity index (χ0) is 14.6. The molecule has 0 spiro atoms. The number of nitrogens with zero attached hydrogens (tertiary/aromatic N) is 4. The summed E-state index contributed by atoms with van der Waals surface area (Å²) in [7, 11) is 0. The van der Waals surface area contributed by atoms with Crippen LogP contribution in [0.3, 0.4) is 0 Å². The highest BCUT2D eigenvalue weighted by Gasteiger charge is 2.43. The molecular weight excluding hydrogens is 268 g/mol. The van der Waals surface area contributed by atoms with Gasteiger partial charge in [-0.15, -0.1) is 0 Å². The Labute approximate surface area is 122 Å². The Hall–Kier alpha value is -2.11. The van der Waals surface area contributed by atoms with Gasteiger partial charge in [0.2, 0.25) is 0 Å². The van der Waals surface area contributed by atoms with E-state index in [4.69, 9.17) is 0 Å². The van der Waals surface area contributed by atoms with Crippen LogP contribution < -0.4 is 0 Å². The predicted octanol–water partition coefficient (Wildman–Crippen LogP) is 2.43. The van der Waals surface area contributed by atoms with Crippen LogP contribution in [0.4, 0.5) is 4.79 Å². The molecule has 21 heavy (non-hydrogen) atoms. The fourth-order valence-corrected chi connectivity index (χ4v) is 4.14. The lowest BCUT2D eigenvalue weighted by Gasteiger charge is -2.37. The molecule has 110 valence electrons. The summed E-state index contributed by atoms with van der Waals surface area (Å²) in [5.74, 6) is 0.423. The van der Waals surface area contributed by atoms with Crippen molar-refractivity contribution < 1.29 is 9.90 Å². The van der Waals surface area contributed by atoms with Crippen LogP contribution in [0.1, 0.15) is 42.7 Å². The number of hydrogen-bond acceptors (Lipinski definition) is 3. The van der Waals surface area contributed by atoms with Gasteiger partial charge in [-0.05, 0) is 55.7 Å². The van der Waals surface area contributed by atoms with E-state index < -0.39 is 6.09 Å².